The number of alkyl carbamates (subject to hydrolysis) is 1. The fraction of sp³-hybridized carbons (Fsp3) is 0.750. The molecule has 1 N–H and O–H groups in total. The van der Waals surface area contributed by atoms with Gasteiger partial charge in [-0.05, 0) is 32.8 Å². The highest BCUT2D eigenvalue weighted by molar-refractivity contribution is 6.60. The fourth-order valence-corrected chi connectivity index (χ4v) is 3.05. The summed E-state index contributed by atoms with van der Waals surface area (Å²) in [7, 11) is 2.16. The van der Waals surface area contributed by atoms with Crippen LogP contribution in [0.3, 0.4) is 0 Å². The standard InChI is InChI=1S/C12H25NO5Si/c1-10(2)11(3)18-12(14)13-8-7-9-19(15-4,16-5)17-6/h7-9H2,1-6H3,(H,13,14). The first-order chi connectivity index (χ1) is 8.90. The number of hydrogen-bond acceptors (Lipinski definition) is 5. The Bertz CT molecular complexity index is 303. The van der Waals surface area contributed by atoms with Gasteiger partial charge in [0.2, 0.25) is 0 Å². The minimum Gasteiger partial charge on any atom is -0.415 e. The quantitative estimate of drug-likeness (QED) is 0.422. The Labute approximate surface area is 116 Å². The van der Waals surface area contributed by atoms with Crippen molar-refractivity contribution in [1.29, 1.82) is 0 Å². The van der Waals surface area contributed by atoms with Crippen LogP contribution in [0.5, 0.6) is 0 Å². The number of nitrogens with one attached hydrogen (secondary N) is 1. The smallest absolute Gasteiger partial charge is 0.415 e. The van der Waals surface area contributed by atoms with Gasteiger partial charge < -0.3 is 23.3 Å². The zero-order valence-corrected chi connectivity index (χ0v) is 13.7. The Kier molecular flexibility index (Phi) is 8.65. The van der Waals surface area contributed by atoms with E-state index in [2.05, 4.69) is 5.32 Å². The summed E-state index contributed by atoms with van der Waals surface area (Å²) in [5.74, 6) is 0.617. The van der Waals surface area contributed by atoms with Crippen molar-refractivity contribution in [3.05, 3.63) is 11.3 Å². The number of hydrogen-bond donors (Lipinski definition) is 1. The second kappa shape index (κ2) is 9.08. The van der Waals surface area contributed by atoms with E-state index in [4.69, 9.17) is 18.0 Å². The van der Waals surface area contributed by atoms with Crippen LogP contribution >= 0.6 is 0 Å². The van der Waals surface area contributed by atoms with Gasteiger partial charge >= 0.3 is 14.9 Å². The maximum atomic E-state index is 11.4. The van der Waals surface area contributed by atoms with E-state index < -0.39 is 14.9 Å². The lowest BCUT2D eigenvalue weighted by molar-refractivity contribution is 0.122. The van der Waals surface area contributed by atoms with E-state index in [1.807, 2.05) is 13.8 Å². The van der Waals surface area contributed by atoms with E-state index in [0.717, 1.165) is 5.57 Å². The minimum absolute atomic E-state index is 0.446. The number of amides is 1. The fourth-order valence-electron chi connectivity index (χ4n) is 1.33. The Hall–Kier alpha value is -0.893. The first-order valence-corrected chi connectivity index (χ1v) is 8.09. The van der Waals surface area contributed by atoms with Gasteiger partial charge in [-0.15, -0.1) is 0 Å². The molecular weight excluding hydrogens is 266 g/mol. The Morgan fingerprint density at radius 3 is 2.00 bits per heavy atom. The molecule has 0 aromatic carbocycles. The zero-order chi connectivity index (χ0) is 14.9. The molecule has 1 amide bonds. The van der Waals surface area contributed by atoms with Crippen molar-refractivity contribution in [1.82, 2.24) is 5.32 Å². The van der Waals surface area contributed by atoms with E-state index >= 15 is 0 Å². The number of carbonyl (C=O) groups is 1. The molecule has 0 unspecified atom stereocenters. The molecule has 0 rings (SSSR count). The highest BCUT2D eigenvalue weighted by Gasteiger charge is 2.36. The summed E-state index contributed by atoms with van der Waals surface area (Å²) in [6.45, 7) is 6.02. The summed E-state index contributed by atoms with van der Waals surface area (Å²) in [4.78, 5) is 11.4. The van der Waals surface area contributed by atoms with Crippen molar-refractivity contribution < 1.29 is 22.8 Å². The molecule has 0 aromatic heterocycles. The Morgan fingerprint density at radius 2 is 1.58 bits per heavy atom. The lowest BCUT2D eigenvalue weighted by atomic mass is 10.3. The first-order valence-electron chi connectivity index (χ1n) is 6.16. The normalized spacial score (nSPS) is 11.1. The molecule has 7 heteroatoms. The monoisotopic (exact) mass is 291 g/mol. The van der Waals surface area contributed by atoms with Gasteiger partial charge in [-0.3, -0.25) is 0 Å². The predicted octanol–water partition coefficient (Wildman–Crippen LogP) is 2.29. The van der Waals surface area contributed by atoms with Crippen molar-refractivity contribution >= 4 is 14.9 Å². The SMILES string of the molecule is CO[Si](CCCNC(=O)OC(C)=C(C)C)(OC)OC. The maximum Gasteiger partial charge on any atom is 0.500 e. The second-order valence-electron chi connectivity index (χ2n) is 4.27. The summed E-state index contributed by atoms with van der Waals surface area (Å²) < 4.78 is 20.9. The van der Waals surface area contributed by atoms with E-state index in [1.54, 1.807) is 28.3 Å². The van der Waals surface area contributed by atoms with Crippen molar-refractivity contribution in [3.8, 4) is 0 Å². The summed E-state index contributed by atoms with van der Waals surface area (Å²) in [6.07, 6.45) is 0.253. The molecule has 0 aliphatic carbocycles. The van der Waals surface area contributed by atoms with Crippen LogP contribution in [0, 0.1) is 0 Å². The highest BCUT2D eigenvalue weighted by atomic mass is 28.4. The molecule has 19 heavy (non-hydrogen) atoms. The lowest BCUT2D eigenvalue weighted by Crippen LogP contribution is -2.43. The molecule has 6 nitrogen and oxygen atoms in total. The average molecular weight is 291 g/mol. The van der Waals surface area contributed by atoms with Crippen LogP contribution < -0.4 is 5.32 Å². The van der Waals surface area contributed by atoms with Gasteiger partial charge in [-0.1, -0.05) is 0 Å². The van der Waals surface area contributed by atoms with Gasteiger partial charge in [0, 0.05) is 33.9 Å². The predicted molar refractivity (Wildman–Crippen MR) is 74.7 cm³/mol. The summed E-state index contributed by atoms with van der Waals surface area (Å²) in [5, 5.41) is 2.67. The zero-order valence-electron chi connectivity index (χ0n) is 12.7. The van der Waals surface area contributed by atoms with Gasteiger partial charge in [-0.25, -0.2) is 4.79 Å². The number of allylic oxidation sites excluding steroid dienone is 2. The molecule has 0 saturated carbocycles. The maximum absolute atomic E-state index is 11.4. The molecule has 0 heterocycles. The minimum atomic E-state index is -2.54. The molecular formula is C12H25NO5Si. The lowest BCUT2D eigenvalue weighted by Gasteiger charge is -2.24. The third-order valence-electron chi connectivity index (χ3n) is 2.81. The highest BCUT2D eigenvalue weighted by Crippen LogP contribution is 2.14. The van der Waals surface area contributed by atoms with E-state index in [9.17, 15) is 4.79 Å². The van der Waals surface area contributed by atoms with Crippen LogP contribution in [0.15, 0.2) is 11.3 Å². The van der Waals surface area contributed by atoms with Crippen molar-refractivity contribution in [3.63, 3.8) is 0 Å². The Balaban J connectivity index is 3.98. The molecule has 0 bridgehead atoms. The number of carbonyl (C=O) groups excluding carboxylic acids is 1. The molecule has 0 radical (unpaired) electrons. The van der Waals surface area contributed by atoms with Crippen LogP contribution in [0.25, 0.3) is 0 Å². The van der Waals surface area contributed by atoms with Gasteiger partial charge in [-0.2, -0.15) is 0 Å². The van der Waals surface area contributed by atoms with Crippen LogP contribution in [0.1, 0.15) is 27.2 Å². The van der Waals surface area contributed by atoms with E-state index in [1.165, 1.54) is 0 Å². The Morgan fingerprint density at radius 1 is 1.05 bits per heavy atom. The number of rotatable bonds is 8. The summed E-state index contributed by atoms with van der Waals surface area (Å²) in [6, 6.07) is 0.637. The van der Waals surface area contributed by atoms with Crippen LogP contribution in [0.2, 0.25) is 6.04 Å². The largest absolute Gasteiger partial charge is 0.500 e. The van der Waals surface area contributed by atoms with Gasteiger partial charge in [0.05, 0.1) is 0 Å². The van der Waals surface area contributed by atoms with E-state index in [0.29, 0.717) is 24.8 Å². The second-order valence-corrected chi connectivity index (χ2v) is 7.36. The third-order valence-corrected chi connectivity index (χ3v) is 5.64. The molecule has 112 valence electrons. The summed E-state index contributed by atoms with van der Waals surface area (Å²) >= 11 is 0. The van der Waals surface area contributed by atoms with Gasteiger partial charge in [0.25, 0.3) is 0 Å². The van der Waals surface area contributed by atoms with E-state index in [-0.39, 0.29) is 0 Å². The van der Waals surface area contributed by atoms with Gasteiger partial charge in [0.1, 0.15) is 5.76 Å². The molecule has 0 spiro atoms. The molecule has 0 fully saturated rings. The molecule has 0 aliphatic rings. The van der Waals surface area contributed by atoms with Crippen LogP contribution in [-0.4, -0.2) is 42.8 Å². The number of ether oxygens (including phenoxy) is 1. The van der Waals surface area contributed by atoms with Crippen molar-refractivity contribution in [2.75, 3.05) is 27.9 Å². The van der Waals surface area contributed by atoms with Crippen LogP contribution in [0.4, 0.5) is 4.79 Å². The average Bonchev–Trinajstić information content (AvgIpc) is 2.39. The molecule has 0 atom stereocenters. The molecule has 0 saturated heterocycles. The van der Waals surface area contributed by atoms with Gasteiger partial charge in [0.15, 0.2) is 0 Å². The topological polar surface area (TPSA) is 66.0 Å². The molecule has 0 aliphatic heterocycles. The van der Waals surface area contributed by atoms with Crippen molar-refractivity contribution in [2.24, 2.45) is 0 Å². The van der Waals surface area contributed by atoms with Crippen LogP contribution in [-0.2, 0) is 18.0 Å². The first kappa shape index (κ1) is 18.1. The molecule has 0 aromatic rings. The third kappa shape index (κ3) is 6.72. The van der Waals surface area contributed by atoms with Crippen molar-refractivity contribution in [2.45, 2.75) is 33.2 Å². The summed E-state index contributed by atoms with van der Waals surface area (Å²) in [5.41, 5.74) is 0.972.